The molecule has 0 aliphatic rings. The third-order valence-electron chi connectivity index (χ3n) is 2.01. The van der Waals surface area contributed by atoms with Crippen LogP contribution in [0.4, 0.5) is 11.4 Å². The number of hydrogen-bond acceptors (Lipinski definition) is 5. The Bertz CT molecular complexity index is 324. The molecule has 1 aromatic heterocycles. The van der Waals surface area contributed by atoms with Crippen molar-refractivity contribution in [1.82, 2.24) is 4.98 Å². The summed E-state index contributed by atoms with van der Waals surface area (Å²) >= 11 is 0. The summed E-state index contributed by atoms with van der Waals surface area (Å²) in [6.45, 7) is 3.89. The first-order valence-electron chi connectivity index (χ1n) is 5.45. The minimum atomic E-state index is 0. The Labute approximate surface area is 108 Å². The smallest absolute Gasteiger partial charge is 0.237 e. The quantitative estimate of drug-likeness (QED) is 0.732. The Kier molecular flexibility index (Phi) is 8.27. The zero-order valence-electron chi connectivity index (χ0n) is 10.0. The van der Waals surface area contributed by atoms with Gasteiger partial charge in [-0.2, -0.15) is 0 Å². The number of rotatable bonds is 7. The molecule has 0 unspecified atom stereocenters. The SMILES string of the molecule is CCCCOCCOc1ncc(N)cc1N.Cl. The van der Waals surface area contributed by atoms with Crippen LogP contribution in [0.2, 0.25) is 0 Å². The molecule has 0 bridgehead atoms. The third-order valence-corrected chi connectivity index (χ3v) is 2.01. The number of aromatic nitrogens is 1. The van der Waals surface area contributed by atoms with Crippen molar-refractivity contribution in [3.05, 3.63) is 12.3 Å². The molecule has 1 aromatic rings. The minimum absolute atomic E-state index is 0. The summed E-state index contributed by atoms with van der Waals surface area (Å²) < 4.78 is 10.7. The van der Waals surface area contributed by atoms with E-state index in [1.54, 1.807) is 6.07 Å². The molecule has 17 heavy (non-hydrogen) atoms. The van der Waals surface area contributed by atoms with E-state index < -0.39 is 0 Å². The first kappa shape index (κ1) is 15.8. The van der Waals surface area contributed by atoms with Crippen molar-refractivity contribution in [2.75, 3.05) is 31.3 Å². The number of pyridine rings is 1. The summed E-state index contributed by atoms with van der Waals surface area (Å²) in [7, 11) is 0. The molecule has 0 atom stereocenters. The van der Waals surface area contributed by atoms with E-state index in [1.807, 2.05) is 0 Å². The lowest BCUT2D eigenvalue weighted by molar-refractivity contribution is 0.0968. The Balaban J connectivity index is 0.00000256. The number of ether oxygens (including phenoxy) is 2. The van der Waals surface area contributed by atoms with Crippen molar-refractivity contribution in [1.29, 1.82) is 0 Å². The van der Waals surface area contributed by atoms with Crippen molar-refractivity contribution in [2.45, 2.75) is 19.8 Å². The zero-order chi connectivity index (χ0) is 11.8. The highest BCUT2D eigenvalue weighted by molar-refractivity contribution is 5.85. The monoisotopic (exact) mass is 261 g/mol. The molecule has 0 fully saturated rings. The van der Waals surface area contributed by atoms with Gasteiger partial charge in [-0.25, -0.2) is 4.98 Å². The Morgan fingerprint density at radius 3 is 2.65 bits per heavy atom. The van der Waals surface area contributed by atoms with Crippen LogP contribution in [-0.4, -0.2) is 24.8 Å². The second-order valence-corrected chi connectivity index (χ2v) is 3.48. The van der Waals surface area contributed by atoms with Gasteiger partial charge in [-0.05, 0) is 12.5 Å². The lowest BCUT2D eigenvalue weighted by Crippen LogP contribution is -2.09. The fourth-order valence-corrected chi connectivity index (χ4v) is 1.15. The third kappa shape index (κ3) is 6.19. The van der Waals surface area contributed by atoms with E-state index in [-0.39, 0.29) is 12.4 Å². The lowest BCUT2D eigenvalue weighted by atomic mass is 10.4. The Morgan fingerprint density at radius 1 is 1.24 bits per heavy atom. The summed E-state index contributed by atoms with van der Waals surface area (Å²) in [5.41, 5.74) is 12.2. The van der Waals surface area contributed by atoms with Gasteiger partial charge in [0, 0.05) is 6.61 Å². The highest BCUT2D eigenvalue weighted by Gasteiger charge is 2.01. The summed E-state index contributed by atoms with van der Waals surface area (Å²) in [6.07, 6.45) is 3.72. The molecule has 0 aliphatic heterocycles. The van der Waals surface area contributed by atoms with Gasteiger partial charge in [0.25, 0.3) is 0 Å². The number of unbranched alkanes of at least 4 members (excludes halogenated alkanes) is 1. The summed E-state index contributed by atoms with van der Waals surface area (Å²) in [6, 6.07) is 1.63. The fraction of sp³-hybridized carbons (Fsp3) is 0.545. The van der Waals surface area contributed by atoms with Crippen molar-refractivity contribution in [3.63, 3.8) is 0 Å². The zero-order valence-corrected chi connectivity index (χ0v) is 10.8. The van der Waals surface area contributed by atoms with Crippen LogP contribution in [0, 0.1) is 0 Å². The summed E-state index contributed by atoms with van der Waals surface area (Å²) in [5.74, 6) is 0.410. The first-order chi connectivity index (χ1) is 7.74. The molecule has 4 N–H and O–H groups in total. The van der Waals surface area contributed by atoms with Gasteiger partial charge in [0.2, 0.25) is 5.88 Å². The van der Waals surface area contributed by atoms with Gasteiger partial charge < -0.3 is 20.9 Å². The van der Waals surface area contributed by atoms with Crippen LogP contribution < -0.4 is 16.2 Å². The van der Waals surface area contributed by atoms with Crippen LogP contribution in [-0.2, 0) is 4.74 Å². The van der Waals surface area contributed by atoms with Gasteiger partial charge in [0.05, 0.1) is 24.2 Å². The number of anilines is 2. The molecule has 98 valence electrons. The van der Waals surface area contributed by atoms with Gasteiger partial charge in [0.1, 0.15) is 6.61 Å². The molecular weight excluding hydrogens is 242 g/mol. The van der Waals surface area contributed by atoms with Crippen LogP contribution in [0.5, 0.6) is 5.88 Å². The van der Waals surface area contributed by atoms with Crippen LogP contribution in [0.3, 0.4) is 0 Å². The standard InChI is InChI=1S/C11H19N3O2.ClH/c1-2-3-4-15-5-6-16-11-10(13)7-9(12)8-14-11;/h7-8H,2-6,12-13H2,1H3;1H. The predicted molar refractivity (Wildman–Crippen MR) is 71.5 cm³/mol. The summed E-state index contributed by atoms with van der Waals surface area (Å²) in [5, 5.41) is 0. The Morgan fingerprint density at radius 2 is 2.00 bits per heavy atom. The molecule has 5 nitrogen and oxygen atoms in total. The maximum Gasteiger partial charge on any atom is 0.237 e. The average Bonchev–Trinajstić information content (AvgIpc) is 2.26. The van der Waals surface area contributed by atoms with Crippen LogP contribution >= 0.6 is 12.4 Å². The second kappa shape index (κ2) is 8.90. The molecular formula is C11H20ClN3O2. The highest BCUT2D eigenvalue weighted by atomic mass is 35.5. The minimum Gasteiger partial charge on any atom is -0.474 e. The number of hydrogen-bond donors (Lipinski definition) is 2. The van der Waals surface area contributed by atoms with E-state index in [2.05, 4.69) is 11.9 Å². The van der Waals surface area contributed by atoms with E-state index in [1.165, 1.54) is 6.20 Å². The molecule has 1 heterocycles. The second-order valence-electron chi connectivity index (χ2n) is 3.48. The van der Waals surface area contributed by atoms with Crippen LogP contribution in [0.1, 0.15) is 19.8 Å². The van der Waals surface area contributed by atoms with Crippen molar-refractivity contribution < 1.29 is 9.47 Å². The molecule has 0 radical (unpaired) electrons. The molecule has 0 saturated carbocycles. The number of nitrogens with zero attached hydrogens (tertiary/aromatic N) is 1. The average molecular weight is 262 g/mol. The lowest BCUT2D eigenvalue weighted by Gasteiger charge is -2.08. The van der Waals surface area contributed by atoms with Crippen LogP contribution in [0.25, 0.3) is 0 Å². The van der Waals surface area contributed by atoms with Gasteiger partial charge in [-0.3, -0.25) is 0 Å². The van der Waals surface area contributed by atoms with Gasteiger partial charge >= 0.3 is 0 Å². The van der Waals surface area contributed by atoms with Crippen molar-refractivity contribution in [2.24, 2.45) is 0 Å². The molecule has 1 rings (SSSR count). The topological polar surface area (TPSA) is 83.4 Å². The summed E-state index contributed by atoms with van der Waals surface area (Å²) in [4.78, 5) is 3.98. The Hall–Kier alpha value is -1.20. The maximum atomic E-state index is 5.68. The normalized spacial score (nSPS) is 9.71. The van der Waals surface area contributed by atoms with Crippen molar-refractivity contribution in [3.8, 4) is 5.88 Å². The van der Waals surface area contributed by atoms with Gasteiger partial charge in [-0.15, -0.1) is 12.4 Å². The largest absolute Gasteiger partial charge is 0.474 e. The first-order valence-corrected chi connectivity index (χ1v) is 5.45. The predicted octanol–water partition coefficient (Wildman–Crippen LogP) is 1.86. The molecule has 0 amide bonds. The maximum absolute atomic E-state index is 5.68. The fourth-order valence-electron chi connectivity index (χ4n) is 1.15. The van der Waals surface area contributed by atoms with E-state index >= 15 is 0 Å². The molecule has 6 heteroatoms. The number of nitrogen functional groups attached to an aromatic ring is 2. The van der Waals surface area contributed by atoms with Crippen LogP contribution in [0.15, 0.2) is 12.3 Å². The highest BCUT2D eigenvalue weighted by Crippen LogP contribution is 2.19. The van der Waals surface area contributed by atoms with Gasteiger partial charge in [0.15, 0.2) is 0 Å². The number of halogens is 1. The molecule has 0 saturated heterocycles. The molecule has 0 aliphatic carbocycles. The van der Waals surface area contributed by atoms with E-state index in [4.69, 9.17) is 20.9 Å². The number of nitrogens with two attached hydrogens (primary N) is 2. The van der Waals surface area contributed by atoms with E-state index in [0.29, 0.717) is 30.5 Å². The molecule has 0 aromatic carbocycles. The van der Waals surface area contributed by atoms with Gasteiger partial charge in [-0.1, -0.05) is 13.3 Å². The van der Waals surface area contributed by atoms with E-state index in [9.17, 15) is 0 Å². The van der Waals surface area contributed by atoms with E-state index in [0.717, 1.165) is 19.4 Å². The van der Waals surface area contributed by atoms with Crippen molar-refractivity contribution >= 4 is 23.8 Å². The molecule has 0 spiro atoms.